The first-order valence-electron chi connectivity index (χ1n) is 7.36. The van der Waals surface area contributed by atoms with Crippen LogP contribution >= 0.6 is 0 Å². The molecule has 20 heavy (non-hydrogen) atoms. The average molecular weight is 282 g/mol. The van der Waals surface area contributed by atoms with E-state index in [1.807, 2.05) is 0 Å². The van der Waals surface area contributed by atoms with E-state index in [9.17, 15) is 9.59 Å². The molecule has 0 unspecified atom stereocenters. The molecule has 1 saturated heterocycles. The van der Waals surface area contributed by atoms with E-state index in [2.05, 4.69) is 18.6 Å². The molecule has 0 amide bonds. The first-order chi connectivity index (χ1) is 9.46. The van der Waals surface area contributed by atoms with Crippen molar-refractivity contribution in [3.63, 3.8) is 0 Å². The van der Waals surface area contributed by atoms with Crippen molar-refractivity contribution >= 4 is 11.9 Å². The van der Waals surface area contributed by atoms with Crippen molar-refractivity contribution in [3.05, 3.63) is 0 Å². The molecule has 0 spiro atoms. The molecule has 3 aliphatic rings. The van der Waals surface area contributed by atoms with Crippen molar-refractivity contribution in [1.29, 1.82) is 0 Å². The van der Waals surface area contributed by atoms with E-state index in [0.29, 0.717) is 12.3 Å². The lowest BCUT2D eigenvalue weighted by atomic mass is 9.57. The van der Waals surface area contributed by atoms with Gasteiger partial charge in [-0.15, -0.1) is 0 Å². The van der Waals surface area contributed by atoms with E-state index >= 15 is 0 Å². The normalized spacial score (nSPS) is 41.0. The predicted octanol–water partition coefficient (Wildman–Crippen LogP) is 1.54. The summed E-state index contributed by atoms with van der Waals surface area (Å²) in [6.07, 6.45) is 2.75. The molecule has 0 radical (unpaired) electrons. The summed E-state index contributed by atoms with van der Waals surface area (Å²) < 4.78 is 16.1. The molecule has 5 atom stereocenters. The minimum absolute atomic E-state index is 0.0841. The van der Waals surface area contributed by atoms with Gasteiger partial charge in [-0.05, 0) is 19.3 Å². The van der Waals surface area contributed by atoms with Crippen molar-refractivity contribution in [3.8, 4) is 0 Å². The maximum atomic E-state index is 12.1. The molecule has 2 saturated carbocycles. The summed E-state index contributed by atoms with van der Waals surface area (Å²) in [5, 5.41) is 0. The molecular formula is C15H22O5. The Balaban J connectivity index is 1.58. The van der Waals surface area contributed by atoms with Crippen molar-refractivity contribution in [2.75, 3.05) is 13.7 Å². The Labute approximate surface area is 118 Å². The van der Waals surface area contributed by atoms with Crippen LogP contribution in [0.4, 0.5) is 0 Å². The number of carbonyl (C=O) groups is 2. The van der Waals surface area contributed by atoms with E-state index in [-0.39, 0.29) is 41.4 Å². The van der Waals surface area contributed by atoms with Gasteiger partial charge in [0.15, 0.2) is 0 Å². The number of hydrogen-bond acceptors (Lipinski definition) is 5. The van der Waals surface area contributed by atoms with E-state index in [1.54, 1.807) is 0 Å². The Morgan fingerprint density at radius 3 is 2.60 bits per heavy atom. The summed E-state index contributed by atoms with van der Waals surface area (Å²) in [6.45, 7) is 4.97. The van der Waals surface area contributed by atoms with E-state index in [0.717, 1.165) is 19.4 Å². The minimum Gasteiger partial charge on any atom is -0.469 e. The van der Waals surface area contributed by atoms with E-state index in [4.69, 9.17) is 9.47 Å². The topological polar surface area (TPSA) is 61.8 Å². The van der Waals surface area contributed by atoms with Crippen LogP contribution in [0.1, 0.15) is 33.1 Å². The highest BCUT2D eigenvalue weighted by Crippen LogP contribution is 2.54. The molecule has 112 valence electrons. The summed E-state index contributed by atoms with van der Waals surface area (Å²) in [4.78, 5) is 23.5. The number of carbonyl (C=O) groups excluding carboxylic acids is 2. The van der Waals surface area contributed by atoms with Crippen molar-refractivity contribution in [1.82, 2.24) is 0 Å². The van der Waals surface area contributed by atoms with Gasteiger partial charge in [-0.2, -0.15) is 0 Å². The van der Waals surface area contributed by atoms with Crippen LogP contribution < -0.4 is 0 Å². The number of esters is 2. The highest BCUT2D eigenvalue weighted by atomic mass is 16.6. The van der Waals surface area contributed by atoms with Gasteiger partial charge in [0, 0.05) is 17.9 Å². The number of fused-ring (bicyclic) bond motifs is 1. The van der Waals surface area contributed by atoms with Gasteiger partial charge >= 0.3 is 11.9 Å². The van der Waals surface area contributed by atoms with Crippen LogP contribution in [0.25, 0.3) is 0 Å². The zero-order valence-electron chi connectivity index (χ0n) is 12.3. The van der Waals surface area contributed by atoms with E-state index in [1.165, 1.54) is 7.11 Å². The Kier molecular flexibility index (Phi) is 3.27. The largest absolute Gasteiger partial charge is 0.469 e. The molecule has 0 N–H and O–H groups in total. The van der Waals surface area contributed by atoms with Crippen LogP contribution in [0.2, 0.25) is 0 Å². The third-order valence-corrected chi connectivity index (χ3v) is 5.06. The zero-order valence-corrected chi connectivity index (χ0v) is 12.3. The Morgan fingerprint density at radius 2 is 1.90 bits per heavy atom. The molecule has 3 fully saturated rings. The second-order valence-electron chi connectivity index (χ2n) is 6.75. The zero-order chi connectivity index (χ0) is 14.5. The Bertz CT molecular complexity index is 430. The van der Waals surface area contributed by atoms with Crippen LogP contribution in [0.15, 0.2) is 0 Å². The van der Waals surface area contributed by atoms with Gasteiger partial charge in [0.25, 0.3) is 0 Å². The third kappa shape index (κ3) is 2.03. The lowest BCUT2D eigenvalue weighted by Gasteiger charge is -2.58. The summed E-state index contributed by atoms with van der Waals surface area (Å²) in [5.41, 5.74) is -0.129. The predicted molar refractivity (Wildman–Crippen MR) is 69.7 cm³/mol. The molecule has 1 heterocycles. The Hall–Kier alpha value is -1.10. The lowest BCUT2D eigenvalue weighted by Crippen LogP contribution is -2.65. The summed E-state index contributed by atoms with van der Waals surface area (Å²) in [5.74, 6) is -0.838. The maximum Gasteiger partial charge on any atom is 0.310 e. The van der Waals surface area contributed by atoms with Gasteiger partial charge in [-0.3, -0.25) is 9.59 Å². The first-order valence-corrected chi connectivity index (χ1v) is 7.36. The second-order valence-corrected chi connectivity index (χ2v) is 6.75. The van der Waals surface area contributed by atoms with Gasteiger partial charge in [-0.1, -0.05) is 13.8 Å². The molecule has 0 aromatic rings. The lowest BCUT2D eigenvalue weighted by molar-refractivity contribution is -0.255. The number of rotatable bonds is 3. The molecule has 5 nitrogen and oxygen atoms in total. The smallest absolute Gasteiger partial charge is 0.310 e. The van der Waals surface area contributed by atoms with Crippen LogP contribution in [-0.2, 0) is 23.8 Å². The molecule has 2 aliphatic carbocycles. The number of ether oxygens (including phenoxy) is 3. The SMILES string of the molecule is COC(=O)[C@@H]1C[C@@H]1C(=O)O[C@@H]1[C@@H]2CCCO[C@@H]2C1(C)C. The molecule has 0 aromatic heterocycles. The highest BCUT2D eigenvalue weighted by Gasteiger charge is 2.61. The molecule has 0 bridgehead atoms. The molecule has 3 rings (SSSR count). The van der Waals surface area contributed by atoms with Gasteiger partial charge in [0.1, 0.15) is 6.10 Å². The first kappa shape index (κ1) is 13.9. The summed E-state index contributed by atoms with van der Waals surface area (Å²) in [6, 6.07) is 0. The van der Waals surface area contributed by atoms with Crippen LogP contribution in [-0.4, -0.2) is 37.9 Å². The fourth-order valence-electron chi connectivity index (χ4n) is 3.80. The Morgan fingerprint density at radius 1 is 1.20 bits per heavy atom. The molecule has 0 aromatic carbocycles. The van der Waals surface area contributed by atoms with Crippen LogP contribution in [0, 0.1) is 23.2 Å². The molecular weight excluding hydrogens is 260 g/mol. The van der Waals surface area contributed by atoms with Gasteiger partial charge in [-0.25, -0.2) is 0 Å². The average Bonchev–Trinajstić information content (AvgIpc) is 3.24. The highest BCUT2D eigenvalue weighted by molar-refractivity contribution is 5.87. The monoisotopic (exact) mass is 282 g/mol. The standard InChI is InChI=1S/C15H22O5/c1-15(2)11-8(5-4-6-19-11)12(15)20-14(17)10-7-9(10)13(16)18-3/h8-12H,4-7H2,1-3H3/t8-,9-,10+,11+,12-/m1/s1. The van der Waals surface area contributed by atoms with E-state index < -0.39 is 0 Å². The fraction of sp³-hybridized carbons (Fsp3) is 0.867. The molecule has 5 heteroatoms. The van der Waals surface area contributed by atoms with Crippen molar-refractivity contribution in [2.45, 2.75) is 45.3 Å². The summed E-state index contributed by atoms with van der Waals surface area (Å²) in [7, 11) is 1.35. The minimum atomic E-state index is -0.307. The molecule has 1 aliphatic heterocycles. The fourth-order valence-corrected chi connectivity index (χ4v) is 3.80. The number of hydrogen-bond donors (Lipinski definition) is 0. The van der Waals surface area contributed by atoms with Crippen molar-refractivity contribution < 1.29 is 23.8 Å². The van der Waals surface area contributed by atoms with Gasteiger partial charge in [0.2, 0.25) is 0 Å². The van der Waals surface area contributed by atoms with Crippen LogP contribution in [0.5, 0.6) is 0 Å². The second kappa shape index (κ2) is 4.72. The van der Waals surface area contributed by atoms with Gasteiger partial charge < -0.3 is 14.2 Å². The van der Waals surface area contributed by atoms with Crippen LogP contribution in [0.3, 0.4) is 0 Å². The summed E-state index contributed by atoms with van der Waals surface area (Å²) >= 11 is 0. The quantitative estimate of drug-likeness (QED) is 0.735. The maximum absolute atomic E-state index is 12.1. The van der Waals surface area contributed by atoms with Crippen molar-refractivity contribution in [2.24, 2.45) is 23.2 Å². The van der Waals surface area contributed by atoms with Gasteiger partial charge in [0.05, 0.1) is 25.0 Å². The number of methoxy groups -OCH3 is 1. The third-order valence-electron chi connectivity index (χ3n) is 5.06.